The minimum absolute atomic E-state index is 0.0677. The van der Waals surface area contributed by atoms with E-state index in [-0.39, 0.29) is 17.4 Å². The molecule has 32 heavy (non-hydrogen) atoms. The zero-order valence-electron chi connectivity index (χ0n) is 18.7. The van der Waals surface area contributed by atoms with E-state index in [1.807, 2.05) is 49.4 Å². The highest BCUT2D eigenvalue weighted by Crippen LogP contribution is 2.31. The molecule has 166 valence electrons. The summed E-state index contributed by atoms with van der Waals surface area (Å²) in [5, 5.41) is 12.4. The molecule has 3 aromatic rings. The normalized spacial score (nSPS) is 11.7. The monoisotopic (exact) mass is 430 g/mol. The van der Waals surface area contributed by atoms with Crippen LogP contribution in [-0.2, 0) is 4.79 Å². The van der Waals surface area contributed by atoms with Crippen LogP contribution in [0.5, 0.6) is 0 Å². The second-order valence-electron chi connectivity index (χ2n) is 8.05. The first-order chi connectivity index (χ1) is 15.5. The molecule has 0 saturated heterocycles. The number of anilines is 1. The fraction of sp³-hybridized carbons (Fsp3) is 0.296. The highest BCUT2D eigenvalue weighted by atomic mass is 16.4. The van der Waals surface area contributed by atoms with Gasteiger partial charge < -0.3 is 10.4 Å². The van der Waals surface area contributed by atoms with E-state index in [0.717, 1.165) is 48.1 Å². The maximum atomic E-state index is 13.1. The quantitative estimate of drug-likeness (QED) is 0.362. The van der Waals surface area contributed by atoms with Crippen LogP contribution in [-0.4, -0.2) is 22.0 Å². The van der Waals surface area contributed by atoms with Crippen LogP contribution in [0.2, 0.25) is 0 Å². The lowest BCUT2D eigenvalue weighted by molar-refractivity contribution is -0.116. The number of aromatic carboxylic acids is 1. The van der Waals surface area contributed by atoms with Gasteiger partial charge in [-0.15, -0.1) is 0 Å². The zero-order valence-corrected chi connectivity index (χ0v) is 18.7. The van der Waals surface area contributed by atoms with Crippen molar-refractivity contribution in [2.24, 2.45) is 0 Å². The van der Waals surface area contributed by atoms with E-state index in [4.69, 9.17) is 0 Å². The molecule has 2 N–H and O–H groups in total. The number of aromatic nitrogens is 1. The SMILES string of the molecule is CCCCCC(CC(=O)Nc1cc(C(=O)O)ccc1-c1ccccc1)c1cccnc1C. The van der Waals surface area contributed by atoms with Crippen molar-refractivity contribution in [3.8, 4) is 11.1 Å². The zero-order chi connectivity index (χ0) is 22.9. The predicted octanol–water partition coefficient (Wildman–Crippen LogP) is 6.45. The number of hydrogen-bond donors (Lipinski definition) is 2. The second kappa shape index (κ2) is 11.2. The summed E-state index contributed by atoms with van der Waals surface area (Å²) in [6.45, 7) is 4.14. The van der Waals surface area contributed by atoms with Gasteiger partial charge in [0, 0.05) is 29.6 Å². The summed E-state index contributed by atoms with van der Waals surface area (Å²) < 4.78 is 0. The van der Waals surface area contributed by atoms with Crippen molar-refractivity contribution in [1.82, 2.24) is 4.98 Å². The summed E-state index contributed by atoms with van der Waals surface area (Å²) >= 11 is 0. The lowest BCUT2D eigenvalue weighted by Crippen LogP contribution is -2.17. The number of nitrogens with zero attached hydrogens (tertiary/aromatic N) is 1. The van der Waals surface area contributed by atoms with Crippen molar-refractivity contribution >= 4 is 17.6 Å². The number of aryl methyl sites for hydroxylation is 1. The molecule has 0 saturated carbocycles. The van der Waals surface area contributed by atoms with Crippen LogP contribution < -0.4 is 5.32 Å². The van der Waals surface area contributed by atoms with Crippen molar-refractivity contribution in [3.05, 3.63) is 83.7 Å². The molecule has 1 unspecified atom stereocenters. The summed E-state index contributed by atoms with van der Waals surface area (Å²) in [6, 6.07) is 18.4. The maximum Gasteiger partial charge on any atom is 0.335 e. The van der Waals surface area contributed by atoms with E-state index in [0.29, 0.717) is 12.1 Å². The molecule has 1 amide bonds. The molecule has 0 spiro atoms. The van der Waals surface area contributed by atoms with Gasteiger partial charge in [0.2, 0.25) is 5.91 Å². The average molecular weight is 431 g/mol. The molecule has 0 aliphatic rings. The van der Waals surface area contributed by atoms with E-state index < -0.39 is 5.97 Å². The topological polar surface area (TPSA) is 79.3 Å². The molecule has 5 heteroatoms. The number of unbranched alkanes of at least 4 members (excludes halogenated alkanes) is 2. The minimum atomic E-state index is -1.02. The van der Waals surface area contributed by atoms with Gasteiger partial charge in [0.25, 0.3) is 0 Å². The number of amides is 1. The Hall–Kier alpha value is -3.47. The van der Waals surface area contributed by atoms with Crippen LogP contribution in [0, 0.1) is 6.92 Å². The highest BCUT2D eigenvalue weighted by Gasteiger charge is 2.20. The fourth-order valence-corrected chi connectivity index (χ4v) is 4.01. The molecule has 0 fully saturated rings. The Labute approximate surface area is 189 Å². The average Bonchev–Trinajstić information content (AvgIpc) is 2.79. The molecule has 0 aliphatic carbocycles. The van der Waals surface area contributed by atoms with Gasteiger partial charge in [0.05, 0.1) is 5.56 Å². The number of benzene rings is 2. The molecule has 0 radical (unpaired) electrons. The van der Waals surface area contributed by atoms with Crippen LogP contribution >= 0.6 is 0 Å². The summed E-state index contributed by atoms with van der Waals surface area (Å²) in [5.41, 5.74) is 4.41. The highest BCUT2D eigenvalue weighted by molar-refractivity contribution is 5.98. The van der Waals surface area contributed by atoms with Crippen LogP contribution in [0.4, 0.5) is 5.69 Å². The first-order valence-corrected chi connectivity index (χ1v) is 11.1. The van der Waals surface area contributed by atoms with Crippen molar-refractivity contribution in [2.75, 3.05) is 5.32 Å². The van der Waals surface area contributed by atoms with Gasteiger partial charge in [0.1, 0.15) is 0 Å². The van der Waals surface area contributed by atoms with Crippen molar-refractivity contribution in [3.63, 3.8) is 0 Å². The molecule has 1 aromatic heterocycles. The number of carboxylic acids is 1. The van der Waals surface area contributed by atoms with Gasteiger partial charge in [-0.05, 0) is 48.6 Å². The number of hydrogen-bond acceptors (Lipinski definition) is 3. The van der Waals surface area contributed by atoms with Crippen molar-refractivity contribution in [2.45, 2.75) is 51.9 Å². The number of pyridine rings is 1. The maximum absolute atomic E-state index is 13.1. The largest absolute Gasteiger partial charge is 0.478 e. The Bertz CT molecular complexity index is 1060. The van der Waals surface area contributed by atoms with Gasteiger partial charge >= 0.3 is 5.97 Å². The molecule has 0 bridgehead atoms. The number of nitrogens with one attached hydrogen (secondary N) is 1. The molecule has 2 aromatic carbocycles. The Balaban J connectivity index is 1.86. The van der Waals surface area contributed by atoms with Gasteiger partial charge in [-0.3, -0.25) is 9.78 Å². The van der Waals surface area contributed by atoms with E-state index in [1.54, 1.807) is 18.3 Å². The third kappa shape index (κ3) is 6.03. The van der Waals surface area contributed by atoms with Crippen LogP contribution in [0.1, 0.15) is 66.6 Å². The Morgan fingerprint density at radius 3 is 2.50 bits per heavy atom. The summed E-state index contributed by atoms with van der Waals surface area (Å²) in [6.07, 6.45) is 6.29. The lowest BCUT2D eigenvalue weighted by atomic mass is 9.89. The fourth-order valence-electron chi connectivity index (χ4n) is 4.01. The number of rotatable bonds is 10. The first kappa shape index (κ1) is 23.2. The first-order valence-electron chi connectivity index (χ1n) is 11.1. The molecular formula is C27H30N2O3. The number of carbonyl (C=O) groups is 2. The van der Waals surface area contributed by atoms with E-state index in [2.05, 4.69) is 17.2 Å². The summed E-state index contributed by atoms with van der Waals surface area (Å²) in [5.74, 6) is -1.09. The van der Waals surface area contributed by atoms with E-state index in [9.17, 15) is 14.7 Å². The Morgan fingerprint density at radius 2 is 1.81 bits per heavy atom. The summed E-state index contributed by atoms with van der Waals surface area (Å²) in [4.78, 5) is 29.0. The smallest absolute Gasteiger partial charge is 0.335 e. The predicted molar refractivity (Wildman–Crippen MR) is 128 cm³/mol. The second-order valence-corrected chi connectivity index (χ2v) is 8.05. The van der Waals surface area contributed by atoms with E-state index in [1.165, 1.54) is 6.07 Å². The van der Waals surface area contributed by atoms with E-state index >= 15 is 0 Å². The Kier molecular flexibility index (Phi) is 8.14. The van der Waals surface area contributed by atoms with Gasteiger partial charge in [-0.1, -0.05) is 68.7 Å². The molecular weight excluding hydrogens is 400 g/mol. The van der Waals surface area contributed by atoms with Crippen LogP contribution in [0.3, 0.4) is 0 Å². The summed E-state index contributed by atoms with van der Waals surface area (Å²) in [7, 11) is 0. The third-order valence-electron chi connectivity index (χ3n) is 5.70. The van der Waals surface area contributed by atoms with Gasteiger partial charge in [-0.25, -0.2) is 4.79 Å². The minimum Gasteiger partial charge on any atom is -0.478 e. The molecule has 5 nitrogen and oxygen atoms in total. The standard InChI is InChI=1S/C27H30N2O3/c1-3-4-6-12-21(23-13-9-16-28-19(23)2)18-26(30)29-25-17-22(27(31)32)14-15-24(25)20-10-7-5-8-11-20/h5,7-11,13-17,21H,3-4,6,12,18H2,1-2H3,(H,29,30)(H,31,32). The van der Waals surface area contributed by atoms with Crippen LogP contribution in [0.25, 0.3) is 11.1 Å². The molecule has 1 atom stereocenters. The van der Waals surface area contributed by atoms with Gasteiger partial charge in [0.15, 0.2) is 0 Å². The Morgan fingerprint density at radius 1 is 1.03 bits per heavy atom. The number of carbonyl (C=O) groups excluding carboxylic acids is 1. The van der Waals surface area contributed by atoms with Crippen molar-refractivity contribution in [1.29, 1.82) is 0 Å². The van der Waals surface area contributed by atoms with Crippen molar-refractivity contribution < 1.29 is 14.7 Å². The molecule has 3 rings (SSSR count). The lowest BCUT2D eigenvalue weighted by Gasteiger charge is -2.19. The third-order valence-corrected chi connectivity index (χ3v) is 5.70. The van der Waals surface area contributed by atoms with Crippen LogP contribution in [0.15, 0.2) is 66.9 Å². The number of carboxylic acid groups (broad SMARTS) is 1. The van der Waals surface area contributed by atoms with Gasteiger partial charge in [-0.2, -0.15) is 0 Å². The molecule has 1 heterocycles. The molecule has 0 aliphatic heterocycles.